The molecular weight excluding hydrogens is 250 g/mol. The van der Waals surface area contributed by atoms with E-state index in [9.17, 15) is 17.2 Å². The SMILES string of the molecule is Cc1cc(F)c(NS(=O)(=O)CCCN)cc1F. The van der Waals surface area contributed by atoms with Gasteiger partial charge in [-0.25, -0.2) is 17.2 Å². The summed E-state index contributed by atoms with van der Waals surface area (Å²) in [5.74, 6) is -1.69. The van der Waals surface area contributed by atoms with Crippen LogP contribution in [0.4, 0.5) is 14.5 Å². The van der Waals surface area contributed by atoms with E-state index in [0.29, 0.717) is 0 Å². The zero-order valence-electron chi connectivity index (χ0n) is 9.33. The molecule has 17 heavy (non-hydrogen) atoms. The third-order valence-corrected chi connectivity index (χ3v) is 3.49. The first kappa shape index (κ1) is 13.9. The Morgan fingerprint density at radius 3 is 2.53 bits per heavy atom. The number of nitrogens with one attached hydrogen (secondary N) is 1. The van der Waals surface area contributed by atoms with Crippen LogP contribution in [0.1, 0.15) is 12.0 Å². The van der Waals surface area contributed by atoms with Gasteiger partial charge in [0.15, 0.2) is 0 Å². The number of nitrogens with two attached hydrogens (primary N) is 1. The highest BCUT2D eigenvalue weighted by atomic mass is 32.2. The number of hydrogen-bond acceptors (Lipinski definition) is 3. The molecule has 0 unspecified atom stereocenters. The lowest BCUT2D eigenvalue weighted by molar-refractivity contribution is 0.589. The monoisotopic (exact) mass is 264 g/mol. The van der Waals surface area contributed by atoms with Gasteiger partial charge in [0.25, 0.3) is 0 Å². The summed E-state index contributed by atoms with van der Waals surface area (Å²) in [6.45, 7) is 1.61. The van der Waals surface area contributed by atoms with Gasteiger partial charge >= 0.3 is 0 Å². The van der Waals surface area contributed by atoms with Crippen molar-refractivity contribution in [2.45, 2.75) is 13.3 Å². The summed E-state index contributed by atoms with van der Waals surface area (Å²) in [6.07, 6.45) is 0.255. The molecule has 1 rings (SSSR count). The average molecular weight is 264 g/mol. The van der Waals surface area contributed by atoms with Crippen LogP contribution >= 0.6 is 0 Å². The molecule has 3 N–H and O–H groups in total. The number of aryl methyl sites for hydroxylation is 1. The summed E-state index contributed by atoms with van der Waals surface area (Å²) in [4.78, 5) is 0. The van der Waals surface area contributed by atoms with Crippen LogP contribution in [0.2, 0.25) is 0 Å². The summed E-state index contributed by atoms with van der Waals surface area (Å²) < 4.78 is 51.4. The maximum Gasteiger partial charge on any atom is 0.232 e. The van der Waals surface area contributed by atoms with E-state index < -0.39 is 21.7 Å². The quantitative estimate of drug-likeness (QED) is 0.843. The zero-order valence-corrected chi connectivity index (χ0v) is 10.2. The van der Waals surface area contributed by atoms with E-state index in [1.807, 2.05) is 4.72 Å². The third kappa shape index (κ3) is 3.94. The lowest BCUT2D eigenvalue weighted by Gasteiger charge is -2.09. The number of anilines is 1. The van der Waals surface area contributed by atoms with Crippen LogP contribution in [-0.2, 0) is 10.0 Å². The van der Waals surface area contributed by atoms with Crippen molar-refractivity contribution >= 4 is 15.7 Å². The molecule has 0 aliphatic carbocycles. The second-order valence-corrected chi connectivity index (χ2v) is 5.49. The van der Waals surface area contributed by atoms with E-state index in [2.05, 4.69) is 0 Å². The van der Waals surface area contributed by atoms with Crippen molar-refractivity contribution in [2.24, 2.45) is 5.73 Å². The molecule has 96 valence electrons. The molecule has 0 bridgehead atoms. The Hall–Kier alpha value is -1.21. The minimum absolute atomic E-state index is 0.118. The fourth-order valence-electron chi connectivity index (χ4n) is 1.22. The molecule has 0 aromatic heterocycles. The van der Waals surface area contributed by atoms with Gasteiger partial charge in [-0.05, 0) is 31.5 Å². The Bertz CT molecular complexity index is 503. The van der Waals surface area contributed by atoms with Gasteiger partial charge in [0.05, 0.1) is 11.4 Å². The van der Waals surface area contributed by atoms with E-state index in [1.165, 1.54) is 6.92 Å². The first-order chi connectivity index (χ1) is 7.85. The number of sulfonamides is 1. The molecule has 0 fully saturated rings. The fourth-order valence-corrected chi connectivity index (χ4v) is 2.36. The van der Waals surface area contributed by atoms with Crippen LogP contribution in [0, 0.1) is 18.6 Å². The van der Waals surface area contributed by atoms with Crippen LogP contribution in [0.25, 0.3) is 0 Å². The molecule has 1 aromatic rings. The van der Waals surface area contributed by atoms with E-state index >= 15 is 0 Å². The lowest BCUT2D eigenvalue weighted by atomic mass is 10.2. The van der Waals surface area contributed by atoms with Crippen LogP contribution in [0.5, 0.6) is 0 Å². The molecule has 0 aliphatic rings. The molecule has 0 aliphatic heterocycles. The van der Waals surface area contributed by atoms with Crippen molar-refractivity contribution in [2.75, 3.05) is 17.0 Å². The lowest BCUT2D eigenvalue weighted by Crippen LogP contribution is -2.19. The van der Waals surface area contributed by atoms with Gasteiger partial charge in [0.2, 0.25) is 10.0 Å². The molecule has 0 radical (unpaired) electrons. The number of benzene rings is 1. The number of rotatable bonds is 5. The summed E-state index contributed by atoms with van der Waals surface area (Å²) >= 11 is 0. The summed E-state index contributed by atoms with van der Waals surface area (Å²) in [7, 11) is -3.69. The highest BCUT2D eigenvalue weighted by molar-refractivity contribution is 7.92. The van der Waals surface area contributed by atoms with Gasteiger partial charge in [-0.15, -0.1) is 0 Å². The highest BCUT2D eigenvalue weighted by Crippen LogP contribution is 2.20. The average Bonchev–Trinajstić information content (AvgIpc) is 2.23. The van der Waals surface area contributed by atoms with Crippen LogP contribution < -0.4 is 10.5 Å². The van der Waals surface area contributed by atoms with Crippen LogP contribution in [-0.4, -0.2) is 20.7 Å². The van der Waals surface area contributed by atoms with Gasteiger partial charge in [-0.3, -0.25) is 4.72 Å². The van der Waals surface area contributed by atoms with E-state index in [-0.39, 0.29) is 30.0 Å². The van der Waals surface area contributed by atoms with Gasteiger partial charge in [-0.2, -0.15) is 0 Å². The second kappa shape index (κ2) is 5.42. The molecule has 4 nitrogen and oxygen atoms in total. The zero-order chi connectivity index (χ0) is 13.1. The largest absolute Gasteiger partial charge is 0.330 e. The van der Waals surface area contributed by atoms with Gasteiger partial charge < -0.3 is 5.73 Å². The van der Waals surface area contributed by atoms with Crippen molar-refractivity contribution in [3.8, 4) is 0 Å². The van der Waals surface area contributed by atoms with Gasteiger partial charge in [0, 0.05) is 6.07 Å². The van der Waals surface area contributed by atoms with Crippen LogP contribution in [0.15, 0.2) is 12.1 Å². The fraction of sp³-hybridized carbons (Fsp3) is 0.400. The maximum absolute atomic E-state index is 13.4. The van der Waals surface area contributed by atoms with Crippen molar-refractivity contribution in [3.63, 3.8) is 0 Å². The van der Waals surface area contributed by atoms with Gasteiger partial charge in [-0.1, -0.05) is 0 Å². The second-order valence-electron chi connectivity index (χ2n) is 3.64. The molecular formula is C10H14F2N2O2S. The Labute approximate surface area is 98.9 Å². The van der Waals surface area contributed by atoms with E-state index in [0.717, 1.165) is 12.1 Å². The summed E-state index contributed by atoms with van der Waals surface area (Å²) in [5.41, 5.74) is 4.91. The Kier molecular flexibility index (Phi) is 4.41. The first-order valence-corrected chi connectivity index (χ1v) is 6.67. The molecule has 0 saturated heterocycles. The molecule has 1 aromatic carbocycles. The molecule has 0 atom stereocenters. The van der Waals surface area contributed by atoms with Crippen molar-refractivity contribution in [3.05, 3.63) is 29.3 Å². The Balaban J connectivity index is 2.92. The Morgan fingerprint density at radius 2 is 1.94 bits per heavy atom. The van der Waals surface area contributed by atoms with E-state index in [4.69, 9.17) is 5.73 Å². The minimum atomic E-state index is -3.69. The minimum Gasteiger partial charge on any atom is -0.330 e. The molecule has 0 saturated carbocycles. The topological polar surface area (TPSA) is 72.2 Å². The molecule has 0 amide bonds. The predicted molar refractivity (Wildman–Crippen MR) is 62.2 cm³/mol. The third-order valence-electron chi connectivity index (χ3n) is 2.13. The highest BCUT2D eigenvalue weighted by Gasteiger charge is 2.14. The van der Waals surface area contributed by atoms with Crippen molar-refractivity contribution in [1.82, 2.24) is 0 Å². The summed E-state index contributed by atoms with van der Waals surface area (Å²) in [5, 5.41) is 0. The molecule has 7 heteroatoms. The maximum atomic E-state index is 13.4. The van der Waals surface area contributed by atoms with Crippen LogP contribution in [0.3, 0.4) is 0 Å². The first-order valence-electron chi connectivity index (χ1n) is 5.02. The Morgan fingerprint density at radius 1 is 1.29 bits per heavy atom. The van der Waals surface area contributed by atoms with Gasteiger partial charge in [0.1, 0.15) is 11.6 Å². The molecule has 0 spiro atoms. The normalized spacial score (nSPS) is 11.5. The van der Waals surface area contributed by atoms with E-state index in [1.54, 1.807) is 0 Å². The number of hydrogen-bond donors (Lipinski definition) is 2. The standard InChI is InChI=1S/C10H14F2N2O2S/c1-7-5-9(12)10(6-8(7)11)14-17(15,16)4-2-3-13/h5-6,14H,2-4,13H2,1H3. The van der Waals surface area contributed by atoms with Crippen molar-refractivity contribution < 1.29 is 17.2 Å². The number of halogens is 2. The predicted octanol–water partition coefficient (Wildman–Crippen LogP) is 1.36. The summed E-state index contributed by atoms with van der Waals surface area (Å²) in [6, 6.07) is 1.76. The molecule has 0 heterocycles. The van der Waals surface area contributed by atoms with Crippen molar-refractivity contribution in [1.29, 1.82) is 0 Å². The smallest absolute Gasteiger partial charge is 0.232 e.